The number of rotatable bonds is 16. The number of piperazine rings is 1. The van der Waals surface area contributed by atoms with Crippen LogP contribution in [0.15, 0.2) is 30.3 Å². The van der Waals surface area contributed by atoms with Crippen LogP contribution in [0.4, 0.5) is 4.79 Å². The Kier molecular flexibility index (Phi) is 14.0. The van der Waals surface area contributed by atoms with Gasteiger partial charge in [0.2, 0.25) is 5.91 Å². The van der Waals surface area contributed by atoms with Gasteiger partial charge in [-0.2, -0.15) is 0 Å². The number of hydrogen-bond acceptors (Lipinski definition) is 6. The predicted octanol–water partition coefficient (Wildman–Crippen LogP) is 3.77. The van der Waals surface area contributed by atoms with E-state index in [4.69, 9.17) is 4.84 Å². The quantitative estimate of drug-likeness (QED) is 0.221. The largest absolute Gasteiger partial charge is 0.328 e. The van der Waals surface area contributed by atoms with Crippen LogP contribution < -0.4 is 16.1 Å². The molecule has 0 bridgehead atoms. The number of carbonyl (C=O) groups excluding carboxylic acids is 4. The van der Waals surface area contributed by atoms with Crippen molar-refractivity contribution in [3.63, 3.8) is 0 Å². The van der Waals surface area contributed by atoms with Crippen molar-refractivity contribution >= 4 is 23.5 Å². The van der Waals surface area contributed by atoms with E-state index in [1.54, 1.807) is 6.92 Å². The van der Waals surface area contributed by atoms with Crippen LogP contribution >= 0.6 is 0 Å². The Morgan fingerprint density at radius 3 is 2.50 bits per heavy atom. The molecule has 1 aromatic rings. The summed E-state index contributed by atoms with van der Waals surface area (Å²) in [6.45, 7) is 9.26. The number of urea groups is 1. The highest BCUT2D eigenvalue weighted by molar-refractivity contribution is 5.94. The molecule has 3 N–H and O–H groups in total. The average Bonchev–Trinajstić information content (AvgIpc) is 2.94. The Balaban J connectivity index is 2.08. The highest BCUT2D eigenvalue weighted by atomic mass is 16.6. The van der Waals surface area contributed by atoms with E-state index in [9.17, 15) is 19.2 Å². The molecule has 1 saturated heterocycles. The van der Waals surface area contributed by atoms with E-state index in [0.29, 0.717) is 32.5 Å². The van der Waals surface area contributed by atoms with Crippen LogP contribution in [-0.4, -0.2) is 60.1 Å². The van der Waals surface area contributed by atoms with Crippen molar-refractivity contribution in [3.8, 4) is 0 Å². The molecule has 9 nitrogen and oxygen atoms in total. The van der Waals surface area contributed by atoms with Gasteiger partial charge >= 0.3 is 6.03 Å². The topological polar surface area (TPSA) is 117 Å². The van der Waals surface area contributed by atoms with Crippen LogP contribution in [0.1, 0.15) is 78.2 Å². The zero-order valence-electron chi connectivity index (χ0n) is 23.5. The molecular formula is C29H46N4O5. The summed E-state index contributed by atoms with van der Waals surface area (Å²) in [6.07, 6.45) is 4.41. The molecule has 0 unspecified atom stereocenters. The minimum absolute atomic E-state index is 0.00683. The van der Waals surface area contributed by atoms with Crippen molar-refractivity contribution in [2.45, 2.75) is 91.3 Å². The van der Waals surface area contributed by atoms with Crippen molar-refractivity contribution in [1.29, 1.82) is 0 Å². The number of hydrogen-bond donors (Lipinski definition) is 3. The standard InChI is InChI=1S/C29H46N4O5/c1-5-8-10-15-23(18-26(35)32-38-20-22-13-11-9-12-14-22)28(36)24-19-30-16-17-33(24)29(37)31-27(21(4)6-2)25(34)7-3/h9,11-14,21,23-24,27,30H,5-8,10,15-20H2,1-4H3,(H,31,37)(H,32,35)/t21-,23-,24+,27-/m1/s1. The van der Waals surface area contributed by atoms with Gasteiger partial charge in [-0.3, -0.25) is 19.2 Å². The van der Waals surface area contributed by atoms with Gasteiger partial charge in [-0.1, -0.05) is 83.7 Å². The first-order valence-electron chi connectivity index (χ1n) is 14.1. The summed E-state index contributed by atoms with van der Waals surface area (Å²) in [5.74, 6) is -1.06. The number of Topliss-reactive ketones (excluding diaryl/α,β-unsaturated/α-hetero) is 2. The summed E-state index contributed by atoms with van der Waals surface area (Å²) in [6, 6.07) is 7.81. The Morgan fingerprint density at radius 2 is 1.84 bits per heavy atom. The summed E-state index contributed by atoms with van der Waals surface area (Å²) in [7, 11) is 0. The number of unbranched alkanes of at least 4 members (excludes halogenated alkanes) is 2. The number of carbonyl (C=O) groups is 4. The molecule has 0 radical (unpaired) electrons. The molecule has 2 rings (SSSR count). The lowest BCUT2D eigenvalue weighted by Crippen LogP contribution is -2.62. The summed E-state index contributed by atoms with van der Waals surface area (Å²) < 4.78 is 0. The van der Waals surface area contributed by atoms with E-state index in [1.807, 2.05) is 44.2 Å². The molecule has 9 heteroatoms. The van der Waals surface area contributed by atoms with Gasteiger partial charge in [0.1, 0.15) is 6.04 Å². The minimum atomic E-state index is -0.706. The molecule has 0 saturated carbocycles. The number of nitrogens with one attached hydrogen (secondary N) is 3. The number of amides is 3. The normalized spacial score (nSPS) is 17.8. The molecule has 0 aliphatic carbocycles. The van der Waals surface area contributed by atoms with Crippen molar-refractivity contribution in [2.75, 3.05) is 19.6 Å². The molecule has 0 spiro atoms. The molecule has 1 aromatic carbocycles. The molecule has 1 fully saturated rings. The zero-order chi connectivity index (χ0) is 27.9. The SMILES string of the molecule is CCCCC[C@H](CC(=O)NOCc1ccccc1)C(=O)[C@@H]1CNCCN1C(=O)N[C@@H](C(=O)CC)[C@H](C)CC. The van der Waals surface area contributed by atoms with Crippen molar-refractivity contribution in [3.05, 3.63) is 35.9 Å². The summed E-state index contributed by atoms with van der Waals surface area (Å²) in [5.41, 5.74) is 3.40. The van der Waals surface area contributed by atoms with Gasteiger partial charge < -0.3 is 15.5 Å². The molecule has 38 heavy (non-hydrogen) atoms. The fourth-order valence-corrected chi connectivity index (χ4v) is 4.71. The molecule has 212 valence electrons. The van der Waals surface area contributed by atoms with Gasteiger partial charge in [0.25, 0.3) is 0 Å². The summed E-state index contributed by atoms with van der Waals surface area (Å²) >= 11 is 0. The first-order chi connectivity index (χ1) is 18.3. The van der Waals surface area contributed by atoms with E-state index in [1.165, 1.54) is 4.90 Å². The van der Waals surface area contributed by atoms with Gasteiger partial charge in [0.15, 0.2) is 11.6 Å². The number of benzene rings is 1. The monoisotopic (exact) mass is 530 g/mol. The smallest absolute Gasteiger partial charge is 0.318 e. The van der Waals surface area contributed by atoms with Gasteiger partial charge in [-0.05, 0) is 17.9 Å². The van der Waals surface area contributed by atoms with Crippen LogP contribution in [0.5, 0.6) is 0 Å². The van der Waals surface area contributed by atoms with Gasteiger partial charge in [0, 0.05) is 38.4 Å². The van der Waals surface area contributed by atoms with E-state index in [-0.39, 0.29) is 36.4 Å². The third-order valence-corrected chi connectivity index (χ3v) is 7.28. The van der Waals surface area contributed by atoms with Crippen LogP contribution in [0.2, 0.25) is 0 Å². The van der Waals surface area contributed by atoms with E-state index in [2.05, 4.69) is 23.0 Å². The Bertz CT molecular complexity index is 894. The highest BCUT2D eigenvalue weighted by Gasteiger charge is 2.38. The number of nitrogens with zero attached hydrogens (tertiary/aromatic N) is 1. The predicted molar refractivity (Wildman–Crippen MR) is 147 cm³/mol. The molecule has 1 aliphatic rings. The van der Waals surface area contributed by atoms with E-state index >= 15 is 0 Å². The van der Waals surface area contributed by atoms with Crippen LogP contribution in [0, 0.1) is 11.8 Å². The lowest BCUT2D eigenvalue weighted by Gasteiger charge is -2.38. The molecule has 1 aliphatic heterocycles. The maximum Gasteiger partial charge on any atom is 0.318 e. The Labute approximate surface area is 227 Å². The van der Waals surface area contributed by atoms with Gasteiger partial charge in [0.05, 0.1) is 12.6 Å². The van der Waals surface area contributed by atoms with Gasteiger partial charge in [-0.15, -0.1) is 0 Å². The van der Waals surface area contributed by atoms with E-state index in [0.717, 1.165) is 31.2 Å². The summed E-state index contributed by atoms with van der Waals surface area (Å²) in [4.78, 5) is 59.2. The second-order valence-corrected chi connectivity index (χ2v) is 10.1. The van der Waals surface area contributed by atoms with Crippen LogP contribution in [0.25, 0.3) is 0 Å². The van der Waals surface area contributed by atoms with Crippen molar-refractivity contribution < 1.29 is 24.0 Å². The maximum atomic E-state index is 13.8. The maximum absolute atomic E-state index is 13.8. The first kappa shape index (κ1) is 31.4. The minimum Gasteiger partial charge on any atom is -0.328 e. The fourth-order valence-electron chi connectivity index (χ4n) is 4.71. The molecular weight excluding hydrogens is 484 g/mol. The molecule has 4 atom stereocenters. The molecule has 1 heterocycles. The van der Waals surface area contributed by atoms with Gasteiger partial charge in [-0.25, -0.2) is 10.3 Å². The lowest BCUT2D eigenvalue weighted by atomic mass is 9.88. The van der Waals surface area contributed by atoms with Crippen molar-refractivity contribution in [1.82, 2.24) is 21.0 Å². The Morgan fingerprint density at radius 1 is 1.11 bits per heavy atom. The highest BCUT2D eigenvalue weighted by Crippen LogP contribution is 2.21. The van der Waals surface area contributed by atoms with Crippen LogP contribution in [-0.2, 0) is 25.8 Å². The summed E-state index contributed by atoms with van der Waals surface area (Å²) in [5, 5.41) is 6.12. The number of ketones is 2. The second kappa shape index (κ2) is 16.9. The fraction of sp³-hybridized carbons (Fsp3) is 0.655. The first-order valence-corrected chi connectivity index (χ1v) is 14.1. The zero-order valence-corrected chi connectivity index (χ0v) is 23.5. The third kappa shape index (κ3) is 9.83. The lowest BCUT2D eigenvalue weighted by molar-refractivity contribution is -0.139. The second-order valence-electron chi connectivity index (χ2n) is 10.1. The van der Waals surface area contributed by atoms with E-state index < -0.39 is 24.0 Å². The Hall–Kier alpha value is -2.78. The van der Waals surface area contributed by atoms with Crippen molar-refractivity contribution in [2.24, 2.45) is 11.8 Å². The number of hydroxylamine groups is 1. The molecule has 0 aromatic heterocycles. The van der Waals surface area contributed by atoms with Crippen LogP contribution in [0.3, 0.4) is 0 Å². The third-order valence-electron chi connectivity index (χ3n) is 7.28. The average molecular weight is 531 g/mol. The molecule has 3 amide bonds.